The van der Waals surface area contributed by atoms with Crippen LogP contribution in [-0.2, 0) is 18.4 Å². The zero-order valence-corrected chi connectivity index (χ0v) is 13.9. The highest BCUT2D eigenvalue weighted by Gasteiger charge is 2.43. The molecule has 0 aliphatic heterocycles. The van der Waals surface area contributed by atoms with Crippen LogP contribution in [0.15, 0.2) is 36.5 Å². The molecule has 1 aliphatic carbocycles. The zero-order valence-electron chi connectivity index (χ0n) is 13.9. The molecule has 2 atom stereocenters. The van der Waals surface area contributed by atoms with E-state index in [4.69, 9.17) is 0 Å². The van der Waals surface area contributed by atoms with E-state index < -0.39 is 0 Å². The van der Waals surface area contributed by atoms with Crippen molar-refractivity contribution in [3.63, 3.8) is 0 Å². The zero-order chi connectivity index (χ0) is 16.7. The minimum absolute atomic E-state index is 0.116. The fourth-order valence-corrected chi connectivity index (χ4v) is 3.45. The molecule has 2 aromatic heterocycles. The van der Waals surface area contributed by atoms with E-state index in [1.165, 1.54) is 5.56 Å². The standard InChI is InChI=1S/C18H21N5O/c1-12-17-16(22(2)21-12)11-20-23(17)9-8-19-18(24)15-10-14(15)13-6-4-3-5-7-13/h3-7,11,14-15H,8-10H2,1-2H3,(H,19,24). The number of benzene rings is 1. The van der Waals surface area contributed by atoms with Gasteiger partial charge in [-0.3, -0.25) is 14.2 Å². The van der Waals surface area contributed by atoms with E-state index in [1.807, 2.05) is 47.7 Å². The Hall–Kier alpha value is -2.63. The van der Waals surface area contributed by atoms with E-state index in [9.17, 15) is 4.79 Å². The molecule has 1 amide bonds. The number of rotatable bonds is 5. The van der Waals surface area contributed by atoms with Crippen molar-refractivity contribution >= 4 is 16.9 Å². The molecule has 24 heavy (non-hydrogen) atoms. The summed E-state index contributed by atoms with van der Waals surface area (Å²) >= 11 is 0. The van der Waals surface area contributed by atoms with Gasteiger partial charge < -0.3 is 5.32 Å². The summed E-state index contributed by atoms with van der Waals surface area (Å²) in [5.41, 5.74) is 4.28. The van der Waals surface area contributed by atoms with Crippen LogP contribution in [0.2, 0.25) is 0 Å². The fraction of sp³-hybridized carbons (Fsp3) is 0.389. The highest BCUT2D eigenvalue weighted by Crippen LogP contribution is 2.47. The van der Waals surface area contributed by atoms with Crippen molar-refractivity contribution in [2.24, 2.45) is 13.0 Å². The lowest BCUT2D eigenvalue weighted by molar-refractivity contribution is -0.122. The van der Waals surface area contributed by atoms with Gasteiger partial charge in [-0.25, -0.2) is 0 Å². The van der Waals surface area contributed by atoms with Crippen LogP contribution in [0.5, 0.6) is 0 Å². The third kappa shape index (κ3) is 2.58. The van der Waals surface area contributed by atoms with Crippen LogP contribution in [-0.4, -0.2) is 32.0 Å². The highest BCUT2D eigenvalue weighted by molar-refractivity contribution is 5.83. The molecule has 0 radical (unpaired) electrons. The van der Waals surface area contributed by atoms with Gasteiger partial charge in [0.15, 0.2) is 0 Å². The lowest BCUT2D eigenvalue weighted by Gasteiger charge is -2.06. The Kier molecular flexibility index (Phi) is 3.59. The number of nitrogens with one attached hydrogen (secondary N) is 1. The number of aryl methyl sites for hydroxylation is 2. The first-order valence-electron chi connectivity index (χ1n) is 8.33. The second kappa shape index (κ2) is 5.78. The maximum Gasteiger partial charge on any atom is 0.223 e. The second-order valence-electron chi connectivity index (χ2n) is 6.46. The summed E-state index contributed by atoms with van der Waals surface area (Å²) in [4.78, 5) is 12.3. The molecule has 0 bridgehead atoms. The first-order valence-corrected chi connectivity index (χ1v) is 8.33. The minimum Gasteiger partial charge on any atom is -0.354 e. The van der Waals surface area contributed by atoms with Crippen LogP contribution < -0.4 is 5.32 Å². The molecule has 1 fully saturated rings. The Balaban J connectivity index is 1.34. The van der Waals surface area contributed by atoms with Gasteiger partial charge in [0.25, 0.3) is 0 Å². The normalized spacial score (nSPS) is 19.6. The number of hydrogen-bond acceptors (Lipinski definition) is 3. The van der Waals surface area contributed by atoms with Crippen molar-refractivity contribution in [1.29, 1.82) is 0 Å². The topological polar surface area (TPSA) is 64.7 Å². The Morgan fingerprint density at radius 1 is 1.33 bits per heavy atom. The second-order valence-corrected chi connectivity index (χ2v) is 6.46. The van der Waals surface area contributed by atoms with Crippen molar-refractivity contribution in [2.75, 3.05) is 6.54 Å². The van der Waals surface area contributed by atoms with E-state index in [0.29, 0.717) is 19.0 Å². The maximum absolute atomic E-state index is 12.3. The van der Waals surface area contributed by atoms with Crippen molar-refractivity contribution in [1.82, 2.24) is 24.9 Å². The average molecular weight is 323 g/mol. The van der Waals surface area contributed by atoms with Crippen LogP contribution in [0.4, 0.5) is 0 Å². The van der Waals surface area contributed by atoms with Crippen molar-refractivity contribution in [3.8, 4) is 0 Å². The summed E-state index contributed by atoms with van der Waals surface area (Å²) in [5.74, 6) is 0.642. The van der Waals surface area contributed by atoms with Crippen molar-refractivity contribution in [2.45, 2.75) is 25.8 Å². The first kappa shape index (κ1) is 14.9. The predicted octanol–water partition coefficient (Wildman–Crippen LogP) is 2.00. The van der Waals surface area contributed by atoms with Crippen LogP contribution in [0, 0.1) is 12.8 Å². The van der Waals surface area contributed by atoms with Crippen molar-refractivity contribution < 1.29 is 4.79 Å². The summed E-state index contributed by atoms with van der Waals surface area (Å²) in [6, 6.07) is 10.3. The molecular weight excluding hydrogens is 302 g/mol. The van der Waals surface area contributed by atoms with Crippen LogP contribution in [0.3, 0.4) is 0 Å². The van der Waals surface area contributed by atoms with Gasteiger partial charge in [0.1, 0.15) is 11.0 Å². The molecule has 6 nitrogen and oxygen atoms in total. The smallest absolute Gasteiger partial charge is 0.223 e. The highest BCUT2D eigenvalue weighted by atomic mass is 16.2. The minimum atomic E-state index is 0.116. The summed E-state index contributed by atoms with van der Waals surface area (Å²) < 4.78 is 3.75. The Labute approximate surface area is 140 Å². The number of aromatic nitrogens is 4. The Morgan fingerprint density at radius 3 is 2.92 bits per heavy atom. The SMILES string of the molecule is Cc1nn(C)c2cnn(CCNC(=O)C3CC3c3ccccc3)c12. The molecule has 1 aromatic carbocycles. The fourth-order valence-electron chi connectivity index (χ4n) is 3.45. The molecule has 124 valence electrons. The van der Waals surface area contributed by atoms with Gasteiger partial charge in [-0.05, 0) is 24.8 Å². The number of carbonyl (C=O) groups excluding carboxylic acids is 1. The van der Waals surface area contributed by atoms with E-state index in [2.05, 4.69) is 27.6 Å². The molecule has 4 rings (SSSR count). The Morgan fingerprint density at radius 2 is 2.12 bits per heavy atom. The monoisotopic (exact) mass is 323 g/mol. The third-order valence-corrected chi connectivity index (χ3v) is 4.79. The molecule has 1 N–H and O–H groups in total. The first-order chi connectivity index (χ1) is 11.6. The molecule has 0 spiro atoms. The van der Waals surface area contributed by atoms with E-state index >= 15 is 0 Å². The van der Waals surface area contributed by atoms with Gasteiger partial charge in [-0.2, -0.15) is 10.2 Å². The third-order valence-electron chi connectivity index (χ3n) is 4.79. The molecule has 6 heteroatoms. The van der Waals surface area contributed by atoms with E-state index in [0.717, 1.165) is 23.1 Å². The molecule has 1 aliphatic rings. The molecule has 0 saturated heterocycles. The molecule has 3 aromatic rings. The number of fused-ring (bicyclic) bond motifs is 1. The van der Waals surface area contributed by atoms with Crippen LogP contribution >= 0.6 is 0 Å². The Bertz CT molecular complexity index is 880. The van der Waals surface area contributed by atoms with Crippen LogP contribution in [0.1, 0.15) is 23.6 Å². The summed E-state index contributed by atoms with van der Waals surface area (Å²) in [6.07, 6.45) is 2.77. The van der Waals surface area contributed by atoms with Gasteiger partial charge in [0, 0.05) is 19.5 Å². The van der Waals surface area contributed by atoms with E-state index in [1.54, 1.807) is 0 Å². The average Bonchev–Trinajstić information content (AvgIpc) is 3.20. The van der Waals surface area contributed by atoms with Gasteiger partial charge in [-0.1, -0.05) is 30.3 Å². The van der Waals surface area contributed by atoms with Gasteiger partial charge in [0.2, 0.25) is 5.91 Å². The van der Waals surface area contributed by atoms with Gasteiger partial charge in [-0.15, -0.1) is 0 Å². The molecular formula is C18H21N5O. The van der Waals surface area contributed by atoms with Gasteiger partial charge in [0.05, 0.1) is 18.4 Å². The number of hydrogen-bond donors (Lipinski definition) is 1. The predicted molar refractivity (Wildman–Crippen MR) is 91.5 cm³/mol. The summed E-state index contributed by atoms with van der Waals surface area (Å²) in [6.45, 7) is 3.22. The van der Waals surface area contributed by atoms with Crippen LogP contribution in [0.25, 0.3) is 11.0 Å². The summed E-state index contributed by atoms with van der Waals surface area (Å²) in [7, 11) is 1.92. The number of carbonyl (C=O) groups is 1. The summed E-state index contributed by atoms with van der Waals surface area (Å²) in [5, 5.41) is 11.9. The largest absolute Gasteiger partial charge is 0.354 e. The number of amides is 1. The quantitative estimate of drug-likeness (QED) is 0.781. The lowest BCUT2D eigenvalue weighted by atomic mass is 10.1. The maximum atomic E-state index is 12.3. The van der Waals surface area contributed by atoms with E-state index in [-0.39, 0.29) is 11.8 Å². The molecule has 2 heterocycles. The number of nitrogens with zero attached hydrogens (tertiary/aromatic N) is 4. The molecule has 2 unspecified atom stereocenters. The molecule has 1 saturated carbocycles. The van der Waals surface area contributed by atoms with Crippen molar-refractivity contribution in [3.05, 3.63) is 47.8 Å². The van der Waals surface area contributed by atoms with Gasteiger partial charge >= 0.3 is 0 Å². The lowest BCUT2D eigenvalue weighted by Crippen LogP contribution is -2.29.